The summed E-state index contributed by atoms with van der Waals surface area (Å²) >= 11 is 2.26. The molecule has 34 heteroatoms. The number of nitrogens with one attached hydrogen (secondary N) is 2. The van der Waals surface area contributed by atoms with Gasteiger partial charge in [-0.3, -0.25) is 23.5 Å². The van der Waals surface area contributed by atoms with E-state index in [9.17, 15) is 46.1 Å². The first kappa shape index (κ1) is 61.8. The molecule has 4 N–H and O–H groups in total. The summed E-state index contributed by atoms with van der Waals surface area (Å²) < 4.78 is 106. The maximum Gasteiger partial charge on any atom is 0.471 e. The summed E-state index contributed by atoms with van der Waals surface area (Å²) in [6.07, 6.45) is 13.3. The van der Waals surface area contributed by atoms with E-state index in [0.717, 1.165) is 103 Å². The van der Waals surface area contributed by atoms with Gasteiger partial charge in [0.1, 0.15) is 44.2 Å². The van der Waals surface area contributed by atoms with Gasteiger partial charge < -0.3 is 48.8 Å². The van der Waals surface area contributed by atoms with Crippen LogP contribution in [-0.4, -0.2) is 106 Å². The van der Waals surface area contributed by atoms with Crippen LogP contribution in [0.25, 0.3) is 43.9 Å². The SMILES string of the molecule is CCOC1CCC(n2cc(NC(=O)c3csc(-c4cnn(C(C)OP(=O)(O)O)c4)n3)c(-c3nc(F)ccc3F)n2)CC1.CCOC1CCC(n2cc(NC(=O)c3csc(-c4cnn(C(C)OP(=O)([O-])[O-])c4)n3)c(-c3nc(F)ccc3F)n2)CC1. The van der Waals surface area contributed by atoms with Crippen LogP contribution in [0.15, 0.2) is 72.2 Å². The quantitative estimate of drug-likeness (QED) is 0.0315. The highest BCUT2D eigenvalue weighted by atomic mass is 32.1. The Kier molecular flexibility index (Phi) is 19.6. The summed E-state index contributed by atoms with van der Waals surface area (Å²) in [6, 6.07) is 3.64. The lowest BCUT2D eigenvalue weighted by Crippen LogP contribution is -2.24. The number of hydrogen-bond acceptors (Lipinski definition) is 20. The zero-order chi connectivity index (χ0) is 60.0. The molecule has 10 rings (SSSR count). The van der Waals surface area contributed by atoms with Gasteiger partial charge in [-0.15, -0.1) is 22.7 Å². The lowest BCUT2D eigenvalue weighted by molar-refractivity contribution is -0.347. The maximum absolute atomic E-state index is 14.7. The number of amides is 2. The predicted octanol–water partition coefficient (Wildman–Crippen LogP) is 8.62. The smallest absolute Gasteiger partial charge is 0.471 e. The number of hydrogen-bond donors (Lipinski definition) is 4. The fourth-order valence-electron chi connectivity index (χ4n) is 9.45. The highest BCUT2D eigenvalue weighted by molar-refractivity contribution is 7.46. The molecule has 8 heterocycles. The molecule has 8 aromatic rings. The Hall–Kier alpha value is -6.80. The zero-order valence-corrected chi connectivity index (χ0v) is 48.5. The van der Waals surface area contributed by atoms with Gasteiger partial charge in [0.15, 0.2) is 24.1 Å². The van der Waals surface area contributed by atoms with Crippen molar-refractivity contribution in [3.63, 3.8) is 0 Å². The molecule has 0 bridgehead atoms. The number of ether oxygens (including phenoxy) is 2. The van der Waals surface area contributed by atoms with Gasteiger partial charge in [0.05, 0.1) is 55.9 Å². The van der Waals surface area contributed by atoms with Crippen molar-refractivity contribution >= 4 is 61.5 Å². The number of pyridine rings is 2. The summed E-state index contributed by atoms with van der Waals surface area (Å²) in [5.74, 6) is -4.61. The van der Waals surface area contributed by atoms with Crippen LogP contribution in [0.2, 0.25) is 0 Å². The molecule has 0 spiro atoms. The molecule has 2 fully saturated rings. The van der Waals surface area contributed by atoms with E-state index in [1.165, 1.54) is 54.1 Å². The number of carbonyl (C=O) groups excluding carboxylic acids is 2. The van der Waals surface area contributed by atoms with Crippen molar-refractivity contribution in [2.75, 3.05) is 23.8 Å². The molecule has 2 saturated carbocycles. The van der Waals surface area contributed by atoms with Gasteiger partial charge in [-0.2, -0.15) is 29.2 Å². The summed E-state index contributed by atoms with van der Waals surface area (Å²) in [5, 5.41) is 26.3. The number of halogens is 4. The number of rotatable bonds is 20. The summed E-state index contributed by atoms with van der Waals surface area (Å²) in [7, 11) is -9.95. The number of thiazole rings is 2. The Labute approximate surface area is 483 Å². The average Bonchev–Trinajstić information content (AvgIpc) is 4.52. The molecule has 0 aliphatic heterocycles. The largest absolute Gasteiger partial charge is 0.790 e. The first-order valence-electron chi connectivity index (χ1n) is 26.1. The Bertz CT molecular complexity index is 3460. The number of nitrogens with zero attached hydrogens (tertiary/aromatic N) is 12. The van der Waals surface area contributed by atoms with Crippen molar-refractivity contribution in [2.45, 2.75) is 116 Å². The molecular weight excluding hydrogens is 1190 g/mol. The number of carbonyl (C=O) groups is 2. The third-order valence-corrected chi connectivity index (χ3v) is 16.3. The second-order valence-electron chi connectivity index (χ2n) is 19.2. The van der Waals surface area contributed by atoms with Crippen LogP contribution in [-0.2, 0) is 27.7 Å². The molecule has 26 nitrogen and oxygen atoms in total. The molecule has 84 heavy (non-hydrogen) atoms. The minimum Gasteiger partial charge on any atom is -0.790 e. The molecular formula is C50H54F4N14O12P2S2-2. The lowest BCUT2D eigenvalue weighted by atomic mass is 9.93. The van der Waals surface area contributed by atoms with Crippen LogP contribution in [0.5, 0.6) is 0 Å². The first-order valence-corrected chi connectivity index (χ1v) is 30.9. The predicted molar refractivity (Wildman–Crippen MR) is 290 cm³/mol. The fourth-order valence-corrected chi connectivity index (χ4v) is 12.0. The van der Waals surface area contributed by atoms with Crippen molar-refractivity contribution in [3.05, 3.63) is 107 Å². The Morgan fingerprint density at radius 1 is 0.631 bits per heavy atom. The molecule has 8 aromatic heterocycles. The second-order valence-corrected chi connectivity index (χ2v) is 23.2. The van der Waals surface area contributed by atoms with Crippen molar-refractivity contribution in [1.29, 1.82) is 0 Å². The first-order chi connectivity index (χ1) is 40.0. The molecule has 2 unspecified atom stereocenters. The van der Waals surface area contributed by atoms with E-state index in [2.05, 4.69) is 60.0 Å². The van der Waals surface area contributed by atoms with Crippen molar-refractivity contribution < 1.29 is 74.4 Å². The van der Waals surface area contributed by atoms with E-state index in [-0.39, 0.29) is 69.8 Å². The molecule has 2 atom stereocenters. The Morgan fingerprint density at radius 3 is 1.42 bits per heavy atom. The normalized spacial score (nSPS) is 18.2. The number of anilines is 2. The van der Waals surface area contributed by atoms with Crippen LogP contribution >= 0.6 is 38.3 Å². The van der Waals surface area contributed by atoms with Gasteiger partial charge in [-0.05, 0) is 103 Å². The third-order valence-electron chi connectivity index (χ3n) is 13.4. The minimum atomic E-state index is -5.23. The van der Waals surface area contributed by atoms with Crippen LogP contribution in [0, 0.1) is 23.5 Å². The zero-order valence-electron chi connectivity index (χ0n) is 45.0. The van der Waals surface area contributed by atoms with E-state index in [1.807, 2.05) is 13.8 Å². The average molecular weight is 1250 g/mol. The van der Waals surface area contributed by atoms with Crippen molar-refractivity contribution in [1.82, 2.24) is 59.1 Å². The Balaban J connectivity index is 0.000000202. The van der Waals surface area contributed by atoms with Gasteiger partial charge in [-0.25, -0.2) is 42.6 Å². The van der Waals surface area contributed by atoms with Crippen molar-refractivity contribution in [2.24, 2.45) is 0 Å². The van der Waals surface area contributed by atoms with Gasteiger partial charge in [0, 0.05) is 59.9 Å². The second kappa shape index (κ2) is 26.6. The molecule has 0 aromatic carbocycles. The van der Waals surface area contributed by atoms with Gasteiger partial charge in [0.2, 0.25) is 11.9 Å². The van der Waals surface area contributed by atoms with Gasteiger partial charge >= 0.3 is 7.82 Å². The number of phosphoric acid groups is 2. The van der Waals surface area contributed by atoms with E-state index in [0.29, 0.717) is 34.4 Å². The van der Waals surface area contributed by atoms with Crippen LogP contribution in [0.1, 0.15) is 125 Å². The third kappa shape index (κ3) is 15.5. The monoisotopic (exact) mass is 1240 g/mol. The van der Waals surface area contributed by atoms with E-state index >= 15 is 0 Å². The molecule has 0 saturated heterocycles. The van der Waals surface area contributed by atoms with E-state index in [4.69, 9.17) is 19.3 Å². The molecule has 2 aliphatic carbocycles. The van der Waals surface area contributed by atoms with Gasteiger partial charge in [0.25, 0.3) is 11.8 Å². The maximum atomic E-state index is 14.7. The summed E-state index contributed by atoms with van der Waals surface area (Å²) in [4.78, 5) is 82.3. The summed E-state index contributed by atoms with van der Waals surface area (Å²) in [5.41, 5.74) is 0.596. The molecule has 2 aliphatic rings. The van der Waals surface area contributed by atoms with Gasteiger partial charge in [-0.1, -0.05) is 0 Å². The molecule has 448 valence electrons. The summed E-state index contributed by atoms with van der Waals surface area (Å²) in [6.45, 7) is 7.90. The lowest BCUT2D eigenvalue weighted by Gasteiger charge is -2.31. The van der Waals surface area contributed by atoms with E-state index in [1.54, 1.807) is 21.8 Å². The fraction of sp³-hybridized carbons (Fsp3) is 0.400. The minimum absolute atomic E-state index is 0.0111. The number of phosphoric ester groups is 2. The van der Waals surface area contributed by atoms with Crippen LogP contribution < -0.4 is 20.4 Å². The topological polar surface area (TPSA) is 339 Å². The highest BCUT2D eigenvalue weighted by Gasteiger charge is 2.30. The van der Waals surface area contributed by atoms with Crippen molar-refractivity contribution in [3.8, 4) is 43.9 Å². The highest BCUT2D eigenvalue weighted by Crippen LogP contribution is 2.41. The van der Waals surface area contributed by atoms with Crippen LogP contribution in [0.3, 0.4) is 0 Å². The molecule has 0 radical (unpaired) electrons. The molecule has 2 amide bonds. The number of aromatic nitrogens is 12. The Morgan fingerprint density at radius 2 is 1.04 bits per heavy atom. The van der Waals surface area contributed by atoms with Crippen LogP contribution in [0.4, 0.5) is 28.9 Å². The van der Waals surface area contributed by atoms with E-state index < -0.39 is 63.4 Å². The standard InChI is InChI=1S/2C25H28F2N7O6PS/c2*1-3-39-17-6-4-16(5-7-17)34-12-19(23(32-34)22-18(26)8-9-21(27)31-22)29-24(35)20-13-42-25(30-20)15-10-28-33(11-15)14(2)40-41(36,37)38/h2*8-14,16-17H,3-7H2,1-2H3,(H,29,35)(H2,36,37,38)/p-2.